The third kappa shape index (κ3) is 3.42. The van der Waals surface area contributed by atoms with Gasteiger partial charge in [-0.25, -0.2) is 4.98 Å². The van der Waals surface area contributed by atoms with Crippen LogP contribution in [0.15, 0.2) is 6.20 Å². The molecule has 4 atom stereocenters. The lowest BCUT2D eigenvalue weighted by Gasteiger charge is -2.33. The lowest BCUT2D eigenvalue weighted by atomic mass is 9.99. The normalized spacial score (nSPS) is 31.6. The first-order valence-corrected chi connectivity index (χ1v) is 11.1. The van der Waals surface area contributed by atoms with Crippen molar-refractivity contribution < 1.29 is 9.59 Å². The number of piperidine rings is 2. The number of rotatable bonds is 4. The predicted octanol–water partition coefficient (Wildman–Crippen LogP) is 1.92. The van der Waals surface area contributed by atoms with Crippen molar-refractivity contribution in [1.29, 1.82) is 0 Å². The molecular formula is C21H30N6O2. The Hall–Kier alpha value is -2.38. The van der Waals surface area contributed by atoms with Crippen LogP contribution in [-0.4, -0.2) is 68.8 Å². The summed E-state index contributed by atoms with van der Waals surface area (Å²) in [5, 5.41) is 6.96. The van der Waals surface area contributed by atoms with Crippen molar-refractivity contribution in [3.63, 3.8) is 0 Å². The fraction of sp³-hybridized carbons (Fsp3) is 0.714. The molecule has 4 aliphatic heterocycles. The van der Waals surface area contributed by atoms with E-state index in [2.05, 4.69) is 15.6 Å². The van der Waals surface area contributed by atoms with Gasteiger partial charge in [-0.05, 0) is 45.4 Å². The smallest absolute Gasteiger partial charge is 0.225 e. The molecule has 0 bridgehead atoms. The maximum absolute atomic E-state index is 12.4. The molecule has 0 radical (unpaired) electrons. The molecule has 1 aromatic rings. The lowest BCUT2D eigenvalue weighted by molar-refractivity contribution is -0.130. The number of hydrogen-bond acceptors (Lipinski definition) is 6. The number of aryl methyl sites for hydroxylation is 1. The van der Waals surface area contributed by atoms with Crippen molar-refractivity contribution in [2.24, 2.45) is 0 Å². The number of hydrogen-bond donors (Lipinski definition) is 2. The van der Waals surface area contributed by atoms with Crippen molar-refractivity contribution in [2.75, 3.05) is 23.7 Å². The van der Waals surface area contributed by atoms with Crippen LogP contribution in [0.25, 0.3) is 0 Å². The van der Waals surface area contributed by atoms with Gasteiger partial charge in [-0.3, -0.25) is 9.59 Å². The Morgan fingerprint density at radius 2 is 1.48 bits per heavy atom. The number of carbonyl (C=O) groups is 2. The van der Waals surface area contributed by atoms with Gasteiger partial charge in [0.15, 0.2) is 0 Å². The Labute approximate surface area is 171 Å². The van der Waals surface area contributed by atoms with E-state index in [-0.39, 0.29) is 36.0 Å². The summed E-state index contributed by atoms with van der Waals surface area (Å²) < 4.78 is 0. The number of nitrogens with zero attached hydrogens (tertiary/aromatic N) is 4. The van der Waals surface area contributed by atoms with E-state index in [0.29, 0.717) is 18.8 Å². The van der Waals surface area contributed by atoms with Crippen molar-refractivity contribution in [1.82, 2.24) is 19.8 Å². The number of anilines is 2. The van der Waals surface area contributed by atoms with Gasteiger partial charge in [0, 0.05) is 37.7 Å². The van der Waals surface area contributed by atoms with Crippen LogP contribution in [0.2, 0.25) is 0 Å². The molecule has 4 fully saturated rings. The summed E-state index contributed by atoms with van der Waals surface area (Å²) in [5.74, 6) is 1.84. The number of nitrogens with one attached hydrogen (secondary N) is 2. The SMILES string of the molecule is Cc1cnc(NC2CC(=O)N3CCCCC23)nc1NC1CC(=O)N2CCCCC12. The van der Waals surface area contributed by atoms with Gasteiger partial charge >= 0.3 is 0 Å². The van der Waals surface area contributed by atoms with Crippen LogP contribution in [0, 0.1) is 6.92 Å². The van der Waals surface area contributed by atoms with E-state index < -0.39 is 0 Å². The maximum atomic E-state index is 12.4. The zero-order valence-electron chi connectivity index (χ0n) is 17.1. The highest BCUT2D eigenvalue weighted by Gasteiger charge is 2.42. The molecule has 4 saturated heterocycles. The van der Waals surface area contributed by atoms with Crippen LogP contribution in [0.4, 0.5) is 11.8 Å². The second-order valence-electron chi connectivity index (χ2n) is 8.94. The number of carbonyl (C=O) groups excluding carboxylic acids is 2. The fourth-order valence-electron chi connectivity index (χ4n) is 5.55. The predicted molar refractivity (Wildman–Crippen MR) is 110 cm³/mol. The van der Waals surface area contributed by atoms with E-state index in [1.165, 1.54) is 12.8 Å². The van der Waals surface area contributed by atoms with Crippen molar-refractivity contribution in [2.45, 2.75) is 82.5 Å². The summed E-state index contributed by atoms with van der Waals surface area (Å²) in [6.45, 7) is 3.74. The first kappa shape index (κ1) is 18.6. The minimum absolute atomic E-state index is 0.0697. The zero-order chi connectivity index (χ0) is 20.0. The Morgan fingerprint density at radius 1 is 0.897 bits per heavy atom. The molecule has 4 aliphatic rings. The molecule has 0 saturated carbocycles. The molecule has 5 rings (SSSR count). The Balaban J connectivity index is 1.30. The molecule has 0 aromatic carbocycles. The van der Waals surface area contributed by atoms with Crippen molar-refractivity contribution >= 4 is 23.6 Å². The van der Waals surface area contributed by atoms with Gasteiger partial charge in [-0.15, -0.1) is 0 Å². The van der Waals surface area contributed by atoms with E-state index >= 15 is 0 Å². The summed E-state index contributed by atoms with van der Waals surface area (Å²) >= 11 is 0. The second kappa shape index (κ2) is 7.46. The first-order valence-electron chi connectivity index (χ1n) is 11.1. The molecular weight excluding hydrogens is 368 g/mol. The van der Waals surface area contributed by atoms with Crippen LogP contribution in [0.3, 0.4) is 0 Å². The van der Waals surface area contributed by atoms with E-state index in [1.807, 2.05) is 22.9 Å². The average molecular weight is 399 g/mol. The van der Waals surface area contributed by atoms with Crippen LogP contribution < -0.4 is 10.6 Å². The minimum atomic E-state index is 0.0697. The standard InChI is InChI=1S/C21H30N6O2/c1-13-12-22-21(24-15-11-19(29)27-9-5-3-7-17(15)27)25-20(13)23-14-10-18(28)26-8-4-2-6-16(14)26/h12,14-17H,2-11H2,1H3,(H2,22,23,24,25). The maximum Gasteiger partial charge on any atom is 0.225 e. The molecule has 0 spiro atoms. The quantitative estimate of drug-likeness (QED) is 0.805. The van der Waals surface area contributed by atoms with Gasteiger partial charge in [0.1, 0.15) is 5.82 Å². The van der Waals surface area contributed by atoms with Crippen LogP contribution >= 0.6 is 0 Å². The largest absolute Gasteiger partial charge is 0.364 e. The van der Waals surface area contributed by atoms with Gasteiger partial charge in [0.2, 0.25) is 17.8 Å². The van der Waals surface area contributed by atoms with Gasteiger partial charge in [0.25, 0.3) is 0 Å². The molecule has 2 amide bonds. The number of aromatic nitrogens is 2. The summed E-state index contributed by atoms with van der Waals surface area (Å²) in [6, 6.07) is 0.692. The van der Waals surface area contributed by atoms with Gasteiger partial charge < -0.3 is 20.4 Å². The second-order valence-corrected chi connectivity index (χ2v) is 8.94. The molecule has 0 aliphatic carbocycles. The topological polar surface area (TPSA) is 90.5 Å². The van der Waals surface area contributed by atoms with Crippen molar-refractivity contribution in [3.8, 4) is 0 Å². The molecule has 8 nitrogen and oxygen atoms in total. The highest BCUT2D eigenvalue weighted by atomic mass is 16.2. The van der Waals surface area contributed by atoms with Crippen LogP contribution in [0.5, 0.6) is 0 Å². The van der Waals surface area contributed by atoms with Crippen molar-refractivity contribution in [3.05, 3.63) is 11.8 Å². The zero-order valence-corrected chi connectivity index (χ0v) is 17.1. The number of fused-ring (bicyclic) bond motifs is 2. The fourth-order valence-corrected chi connectivity index (χ4v) is 5.55. The average Bonchev–Trinajstić information content (AvgIpc) is 3.22. The third-order valence-corrected chi connectivity index (χ3v) is 7.07. The summed E-state index contributed by atoms with van der Waals surface area (Å²) in [7, 11) is 0. The molecule has 8 heteroatoms. The van der Waals surface area contributed by atoms with E-state index in [9.17, 15) is 9.59 Å². The molecule has 29 heavy (non-hydrogen) atoms. The molecule has 1 aromatic heterocycles. The molecule has 2 N–H and O–H groups in total. The van der Waals surface area contributed by atoms with E-state index in [1.54, 1.807) is 0 Å². The first-order chi connectivity index (χ1) is 14.1. The lowest BCUT2D eigenvalue weighted by Crippen LogP contribution is -2.43. The van der Waals surface area contributed by atoms with E-state index in [4.69, 9.17) is 4.98 Å². The minimum Gasteiger partial charge on any atom is -0.364 e. The Kier molecular flexibility index (Phi) is 4.80. The third-order valence-electron chi connectivity index (χ3n) is 7.07. The Morgan fingerprint density at radius 3 is 2.10 bits per heavy atom. The monoisotopic (exact) mass is 398 g/mol. The summed E-state index contributed by atoms with van der Waals surface area (Å²) in [5.41, 5.74) is 0.971. The summed E-state index contributed by atoms with van der Waals surface area (Å²) in [4.78, 5) is 37.9. The van der Waals surface area contributed by atoms with Gasteiger partial charge in [-0.2, -0.15) is 4.98 Å². The summed E-state index contributed by atoms with van der Waals surface area (Å²) in [6.07, 6.45) is 9.52. The van der Waals surface area contributed by atoms with Crippen LogP contribution in [-0.2, 0) is 9.59 Å². The Bertz CT molecular complexity index is 814. The molecule has 5 heterocycles. The van der Waals surface area contributed by atoms with E-state index in [0.717, 1.165) is 50.2 Å². The number of amides is 2. The highest BCUT2D eigenvalue weighted by molar-refractivity contribution is 5.81. The molecule has 156 valence electrons. The highest BCUT2D eigenvalue weighted by Crippen LogP contribution is 2.32. The van der Waals surface area contributed by atoms with Gasteiger partial charge in [0.05, 0.1) is 24.2 Å². The van der Waals surface area contributed by atoms with Gasteiger partial charge in [-0.1, -0.05) is 0 Å². The molecule has 4 unspecified atom stereocenters. The van der Waals surface area contributed by atoms with Crippen LogP contribution in [0.1, 0.15) is 56.9 Å².